The molecule has 0 radical (unpaired) electrons. The highest BCUT2D eigenvalue weighted by Gasteiger charge is 2.24. The van der Waals surface area contributed by atoms with Crippen molar-refractivity contribution >= 4 is 39.2 Å². The molecule has 0 saturated heterocycles. The Balaban J connectivity index is 1.33. The molecule has 2 aromatic heterocycles. The first-order valence-electron chi connectivity index (χ1n) is 10.00. The molecule has 1 aliphatic rings. The Morgan fingerprint density at radius 3 is 2.87 bits per heavy atom. The van der Waals surface area contributed by atoms with Crippen molar-refractivity contribution in [1.82, 2.24) is 15.3 Å². The van der Waals surface area contributed by atoms with Crippen LogP contribution >= 0.6 is 23.1 Å². The molecule has 1 unspecified atom stereocenters. The number of hydrogen-bond donors (Lipinski definition) is 2. The van der Waals surface area contributed by atoms with E-state index in [4.69, 9.17) is 0 Å². The van der Waals surface area contributed by atoms with Crippen LogP contribution in [0.25, 0.3) is 10.2 Å². The van der Waals surface area contributed by atoms with Gasteiger partial charge in [0.15, 0.2) is 0 Å². The lowest BCUT2D eigenvalue weighted by molar-refractivity contribution is -0.120. The fraction of sp³-hybridized carbons (Fsp3) is 0.409. The van der Waals surface area contributed by atoms with Gasteiger partial charge in [0.05, 0.1) is 16.4 Å². The average Bonchev–Trinajstić information content (AvgIpc) is 3.51. The molecule has 4 rings (SSSR count). The monoisotopic (exact) mass is 445 g/mol. The van der Waals surface area contributed by atoms with Gasteiger partial charge >= 0.3 is 0 Å². The van der Waals surface area contributed by atoms with Crippen LogP contribution in [0.2, 0.25) is 0 Å². The van der Waals surface area contributed by atoms with Crippen LogP contribution < -0.4 is 10.9 Å². The molecule has 1 amide bonds. The highest BCUT2D eigenvalue weighted by molar-refractivity contribution is 7.99. The van der Waals surface area contributed by atoms with Crippen molar-refractivity contribution < 1.29 is 9.18 Å². The summed E-state index contributed by atoms with van der Waals surface area (Å²) in [4.78, 5) is 34.0. The van der Waals surface area contributed by atoms with Gasteiger partial charge in [-0.05, 0) is 56.7 Å². The molecule has 158 valence electrons. The quantitative estimate of drug-likeness (QED) is 0.559. The molecule has 3 aromatic rings. The summed E-state index contributed by atoms with van der Waals surface area (Å²) in [7, 11) is 0. The van der Waals surface area contributed by atoms with Gasteiger partial charge in [0.1, 0.15) is 16.5 Å². The topological polar surface area (TPSA) is 74.8 Å². The summed E-state index contributed by atoms with van der Waals surface area (Å²) < 4.78 is 14.3. The number of rotatable bonds is 7. The average molecular weight is 446 g/mol. The SMILES string of the molecule is Cc1sc2nc(CSC(C)C(=O)NCc3ccc(C4CC4)cc3F)[nH]c(=O)c2c1C. The fourth-order valence-electron chi connectivity index (χ4n) is 3.35. The summed E-state index contributed by atoms with van der Waals surface area (Å²) in [5, 5.41) is 3.09. The number of aromatic nitrogens is 2. The first kappa shape index (κ1) is 21.1. The Morgan fingerprint density at radius 2 is 2.17 bits per heavy atom. The van der Waals surface area contributed by atoms with Crippen LogP contribution in [0.15, 0.2) is 23.0 Å². The number of aryl methyl sites for hydroxylation is 2. The summed E-state index contributed by atoms with van der Waals surface area (Å²) in [6, 6.07) is 5.30. The molecule has 1 saturated carbocycles. The van der Waals surface area contributed by atoms with Gasteiger partial charge in [-0.3, -0.25) is 9.59 Å². The number of amides is 1. The third-order valence-corrected chi connectivity index (χ3v) is 7.76. The zero-order valence-corrected chi connectivity index (χ0v) is 18.8. The van der Waals surface area contributed by atoms with Gasteiger partial charge in [-0.1, -0.05) is 12.1 Å². The number of carbonyl (C=O) groups is 1. The van der Waals surface area contributed by atoms with E-state index in [2.05, 4.69) is 15.3 Å². The second kappa shape index (κ2) is 8.51. The zero-order valence-electron chi connectivity index (χ0n) is 17.2. The molecule has 1 aliphatic carbocycles. The molecule has 2 heterocycles. The van der Waals surface area contributed by atoms with Crippen LogP contribution in [-0.4, -0.2) is 21.1 Å². The highest BCUT2D eigenvalue weighted by Crippen LogP contribution is 2.40. The third-order valence-electron chi connectivity index (χ3n) is 5.51. The van der Waals surface area contributed by atoms with Gasteiger partial charge < -0.3 is 10.3 Å². The van der Waals surface area contributed by atoms with E-state index in [1.54, 1.807) is 19.1 Å². The fourth-order valence-corrected chi connectivity index (χ4v) is 5.18. The largest absolute Gasteiger partial charge is 0.351 e. The van der Waals surface area contributed by atoms with Crippen LogP contribution in [0.4, 0.5) is 4.39 Å². The summed E-state index contributed by atoms with van der Waals surface area (Å²) >= 11 is 2.89. The molecule has 1 aromatic carbocycles. The number of carbonyl (C=O) groups excluding carboxylic acids is 1. The van der Waals surface area contributed by atoms with Crippen molar-refractivity contribution in [2.75, 3.05) is 0 Å². The van der Waals surface area contributed by atoms with E-state index in [1.165, 1.54) is 23.1 Å². The van der Waals surface area contributed by atoms with Gasteiger partial charge in [0, 0.05) is 17.0 Å². The molecule has 0 spiro atoms. The Kier molecular flexibility index (Phi) is 5.97. The van der Waals surface area contributed by atoms with E-state index in [9.17, 15) is 14.0 Å². The lowest BCUT2D eigenvalue weighted by Crippen LogP contribution is -2.31. The minimum Gasteiger partial charge on any atom is -0.351 e. The van der Waals surface area contributed by atoms with Crippen molar-refractivity contribution in [3.8, 4) is 0 Å². The molecular formula is C22H24FN3O2S2. The van der Waals surface area contributed by atoms with E-state index in [1.807, 2.05) is 19.9 Å². The number of thioether (sulfide) groups is 1. The minimum atomic E-state index is -0.355. The molecule has 8 heteroatoms. The predicted octanol–water partition coefficient (Wildman–Crippen LogP) is 4.56. The van der Waals surface area contributed by atoms with Crippen molar-refractivity contribution in [2.45, 2.75) is 57.1 Å². The summed E-state index contributed by atoms with van der Waals surface area (Å²) in [6.07, 6.45) is 2.26. The van der Waals surface area contributed by atoms with Gasteiger partial charge in [-0.25, -0.2) is 9.37 Å². The Labute approximate surface area is 182 Å². The van der Waals surface area contributed by atoms with Gasteiger partial charge in [0.25, 0.3) is 5.56 Å². The van der Waals surface area contributed by atoms with Crippen molar-refractivity contribution in [3.05, 3.63) is 61.8 Å². The van der Waals surface area contributed by atoms with E-state index in [0.29, 0.717) is 28.4 Å². The first-order chi connectivity index (χ1) is 14.3. The van der Waals surface area contributed by atoms with Gasteiger partial charge in [0.2, 0.25) is 5.91 Å². The number of nitrogens with zero attached hydrogens (tertiary/aromatic N) is 1. The molecular weight excluding hydrogens is 421 g/mol. The molecule has 30 heavy (non-hydrogen) atoms. The third kappa shape index (κ3) is 4.44. The second-order valence-corrected chi connectivity index (χ2v) is 10.3. The summed E-state index contributed by atoms with van der Waals surface area (Å²) in [5.74, 6) is 1.04. The number of aromatic amines is 1. The molecule has 5 nitrogen and oxygen atoms in total. The number of benzene rings is 1. The normalized spacial score (nSPS) is 14.8. The standard InChI is InChI=1S/C22H24FN3O2S2/c1-11-12(2)30-22-19(11)21(28)25-18(26-22)10-29-13(3)20(27)24-9-16-7-6-15(8-17(16)23)14-4-5-14/h6-8,13-14H,4-5,9-10H2,1-3H3,(H,24,27)(H,25,26,28). The number of hydrogen-bond acceptors (Lipinski definition) is 5. The maximum absolute atomic E-state index is 14.3. The molecule has 0 bridgehead atoms. The number of halogens is 1. The minimum absolute atomic E-state index is 0.139. The maximum atomic E-state index is 14.3. The second-order valence-electron chi connectivity index (χ2n) is 7.77. The van der Waals surface area contributed by atoms with Crippen LogP contribution in [0.3, 0.4) is 0 Å². The number of H-pyrrole nitrogens is 1. The zero-order chi connectivity index (χ0) is 21.4. The Hall–Kier alpha value is -2.19. The lowest BCUT2D eigenvalue weighted by atomic mass is 10.1. The summed E-state index contributed by atoms with van der Waals surface area (Å²) in [6.45, 7) is 5.86. The van der Waals surface area contributed by atoms with Crippen molar-refractivity contribution in [1.29, 1.82) is 0 Å². The van der Waals surface area contributed by atoms with E-state index in [0.717, 1.165) is 33.7 Å². The van der Waals surface area contributed by atoms with E-state index in [-0.39, 0.29) is 29.1 Å². The van der Waals surface area contributed by atoms with Crippen molar-refractivity contribution in [3.63, 3.8) is 0 Å². The van der Waals surface area contributed by atoms with E-state index >= 15 is 0 Å². The van der Waals surface area contributed by atoms with Crippen LogP contribution in [0, 0.1) is 19.7 Å². The van der Waals surface area contributed by atoms with Crippen LogP contribution in [0.5, 0.6) is 0 Å². The lowest BCUT2D eigenvalue weighted by Gasteiger charge is -2.12. The van der Waals surface area contributed by atoms with Crippen LogP contribution in [0.1, 0.15) is 53.1 Å². The van der Waals surface area contributed by atoms with Crippen LogP contribution in [-0.2, 0) is 17.1 Å². The Bertz CT molecular complexity index is 1170. The molecule has 0 aliphatic heterocycles. The highest BCUT2D eigenvalue weighted by atomic mass is 32.2. The van der Waals surface area contributed by atoms with Gasteiger partial charge in [-0.15, -0.1) is 23.1 Å². The first-order valence-corrected chi connectivity index (χ1v) is 11.9. The maximum Gasteiger partial charge on any atom is 0.259 e. The number of thiophene rings is 1. The molecule has 1 fully saturated rings. The smallest absolute Gasteiger partial charge is 0.259 e. The number of fused-ring (bicyclic) bond motifs is 1. The predicted molar refractivity (Wildman–Crippen MR) is 121 cm³/mol. The number of nitrogens with one attached hydrogen (secondary N) is 2. The van der Waals surface area contributed by atoms with Gasteiger partial charge in [-0.2, -0.15) is 0 Å². The molecule has 1 atom stereocenters. The van der Waals surface area contributed by atoms with E-state index < -0.39 is 0 Å². The Morgan fingerprint density at radius 1 is 1.40 bits per heavy atom. The molecule has 2 N–H and O–H groups in total. The van der Waals surface area contributed by atoms with Crippen molar-refractivity contribution in [2.24, 2.45) is 0 Å². The summed E-state index contributed by atoms with van der Waals surface area (Å²) in [5.41, 5.74) is 2.36.